The average molecular weight is 408 g/mol. The van der Waals surface area contributed by atoms with E-state index in [4.69, 9.17) is 25.8 Å². The fourth-order valence-corrected chi connectivity index (χ4v) is 3.27. The number of carbonyl (C=O) groups excluding carboxylic acids is 2. The zero-order chi connectivity index (χ0) is 20.3. The van der Waals surface area contributed by atoms with Crippen LogP contribution in [0.15, 0.2) is 36.4 Å². The molecule has 1 aliphatic rings. The van der Waals surface area contributed by atoms with Crippen molar-refractivity contribution < 1.29 is 28.2 Å². The molecule has 0 aliphatic carbocycles. The molecule has 8 heteroatoms. The monoisotopic (exact) mass is 407 g/mol. The van der Waals surface area contributed by atoms with Crippen LogP contribution in [0.5, 0.6) is 11.5 Å². The van der Waals surface area contributed by atoms with Gasteiger partial charge in [-0.05, 0) is 12.1 Å². The zero-order valence-electron chi connectivity index (χ0n) is 15.4. The molecule has 1 fully saturated rings. The van der Waals surface area contributed by atoms with Crippen LogP contribution in [0.3, 0.4) is 0 Å². The average Bonchev–Trinajstić information content (AvgIpc) is 3.08. The molecule has 0 bridgehead atoms. The van der Waals surface area contributed by atoms with Crippen molar-refractivity contribution >= 4 is 29.2 Å². The Labute approximate surface area is 166 Å². The zero-order valence-corrected chi connectivity index (χ0v) is 16.2. The number of ether oxygens (including phenoxy) is 3. The first kappa shape index (κ1) is 19.9. The van der Waals surface area contributed by atoms with Crippen LogP contribution in [0.1, 0.15) is 12.0 Å². The van der Waals surface area contributed by atoms with Crippen LogP contribution in [0.25, 0.3) is 0 Å². The van der Waals surface area contributed by atoms with E-state index in [1.165, 1.54) is 25.2 Å². The van der Waals surface area contributed by atoms with E-state index >= 15 is 0 Å². The summed E-state index contributed by atoms with van der Waals surface area (Å²) in [4.78, 5) is 26.3. The second-order valence-electron chi connectivity index (χ2n) is 6.26. The number of carbonyl (C=O) groups is 2. The number of nitrogens with zero attached hydrogens (tertiary/aromatic N) is 1. The molecule has 6 nitrogen and oxygen atoms in total. The van der Waals surface area contributed by atoms with Gasteiger partial charge in [0, 0.05) is 24.6 Å². The molecule has 0 N–H and O–H groups in total. The Hall–Kier alpha value is -2.80. The van der Waals surface area contributed by atoms with Crippen LogP contribution in [0.2, 0.25) is 5.02 Å². The van der Waals surface area contributed by atoms with Gasteiger partial charge in [-0.1, -0.05) is 29.8 Å². The van der Waals surface area contributed by atoms with Gasteiger partial charge in [0.25, 0.3) is 0 Å². The topological polar surface area (TPSA) is 65.1 Å². The summed E-state index contributed by atoms with van der Waals surface area (Å²) in [5.74, 6) is -1.11. The highest BCUT2D eigenvalue weighted by Crippen LogP contribution is 2.40. The van der Waals surface area contributed by atoms with Gasteiger partial charge in [0.1, 0.15) is 23.9 Å². The molecule has 28 heavy (non-hydrogen) atoms. The summed E-state index contributed by atoms with van der Waals surface area (Å²) in [5.41, 5.74) is 0.725. The summed E-state index contributed by atoms with van der Waals surface area (Å²) in [7, 11) is 2.94. The fourth-order valence-electron chi connectivity index (χ4n) is 3.04. The minimum absolute atomic E-state index is 0.0110. The molecule has 0 spiro atoms. The molecule has 2 aromatic carbocycles. The number of benzene rings is 2. The molecule has 0 radical (unpaired) electrons. The number of anilines is 1. The van der Waals surface area contributed by atoms with Gasteiger partial charge in [-0.15, -0.1) is 0 Å². The molecule has 1 atom stereocenters. The van der Waals surface area contributed by atoms with Crippen LogP contribution in [0, 0.1) is 11.7 Å². The summed E-state index contributed by atoms with van der Waals surface area (Å²) in [6.07, 6.45) is -0.0110. The quantitative estimate of drug-likeness (QED) is 0.685. The summed E-state index contributed by atoms with van der Waals surface area (Å²) < 4.78 is 29.3. The lowest BCUT2D eigenvalue weighted by Crippen LogP contribution is -2.27. The van der Waals surface area contributed by atoms with Gasteiger partial charge in [-0.2, -0.15) is 0 Å². The predicted octanol–water partition coefficient (Wildman–Crippen LogP) is 3.59. The van der Waals surface area contributed by atoms with Gasteiger partial charge in [0.15, 0.2) is 0 Å². The number of halogens is 2. The van der Waals surface area contributed by atoms with Crippen LogP contribution >= 0.6 is 11.6 Å². The van der Waals surface area contributed by atoms with E-state index in [0.29, 0.717) is 22.2 Å². The van der Waals surface area contributed by atoms with Crippen molar-refractivity contribution in [2.45, 2.75) is 13.0 Å². The first-order valence-corrected chi connectivity index (χ1v) is 8.94. The number of esters is 1. The Kier molecular flexibility index (Phi) is 6.04. The summed E-state index contributed by atoms with van der Waals surface area (Å²) >= 11 is 6.17. The van der Waals surface area contributed by atoms with Gasteiger partial charge in [0.05, 0.1) is 30.8 Å². The maximum atomic E-state index is 13.7. The van der Waals surface area contributed by atoms with Gasteiger partial charge in [-0.3, -0.25) is 9.59 Å². The molecule has 1 saturated heterocycles. The standard InChI is InChI=1S/C20H19ClFNO5/c1-26-17-9-18(27-2)16(8-14(17)21)23-10-13(7-19(23)24)20(25)28-11-12-5-3-4-6-15(12)22/h3-6,8-9,13H,7,10-11H2,1-2H3. The number of rotatable bonds is 6. The van der Waals surface area contributed by atoms with E-state index in [2.05, 4.69) is 0 Å². The molecule has 1 unspecified atom stereocenters. The number of amides is 1. The lowest BCUT2D eigenvalue weighted by atomic mass is 10.1. The Morgan fingerprint density at radius 1 is 1.21 bits per heavy atom. The third-order valence-electron chi connectivity index (χ3n) is 4.53. The Bertz CT molecular complexity index is 904. The number of hydrogen-bond acceptors (Lipinski definition) is 5. The lowest BCUT2D eigenvalue weighted by Gasteiger charge is -2.20. The number of hydrogen-bond donors (Lipinski definition) is 0. The highest BCUT2D eigenvalue weighted by molar-refractivity contribution is 6.32. The van der Waals surface area contributed by atoms with Crippen LogP contribution in [-0.4, -0.2) is 32.6 Å². The molecule has 2 aromatic rings. The fraction of sp³-hybridized carbons (Fsp3) is 0.300. The normalized spacial score (nSPS) is 16.2. The SMILES string of the molecule is COc1cc(OC)c(N2CC(C(=O)OCc3ccccc3F)CC2=O)cc1Cl. The lowest BCUT2D eigenvalue weighted by molar-refractivity contribution is -0.149. The van der Waals surface area contributed by atoms with Gasteiger partial charge in [-0.25, -0.2) is 4.39 Å². The van der Waals surface area contributed by atoms with E-state index in [0.717, 1.165) is 0 Å². The maximum Gasteiger partial charge on any atom is 0.311 e. The minimum atomic E-state index is -0.662. The molecular weight excluding hydrogens is 389 g/mol. The third-order valence-corrected chi connectivity index (χ3v) is 4.83. The van der Waals surface area contributed by atoms with E-state index in [1.54, 1.807) is 30.3 Å². The molecule has 1 aliphatic heterocycles. The Morgan fingerprint density at radius 2 is 1.93 bits per heavy atom. The van der Waals surface area contributed by atoms with Crippen molar-refractivity contribution in [3.05, 3.63) is 52.8 Å². The van der Waals surface area contributed by atoms with E-state index in [-0.39, 0.29) is 31.0 Å². The summed E-state index contributed by atoms with van der Waals surface area (Å²) in [6.45, 7) is -0.0676. The Morgan fingerprint density at radius 3 is 2.61 bits per heavy atom. The second kappa shape index (κ2) is 8.48. The minimum Gasteiger partial charge on any atom is -0.495 e. The third kappa shape index (κ3) is 4.04. The highest BCUT2D eigenvalue weighted by Gasteiger charge is 2.37. The maximum absolute atomic E-state index is 13.7. The summed E-state index contributed by atoms with van der Waals surface area (Å²) in [6, 6.07) is 9.19. The molecular formula is C20H19ClFNO5. The summed E-state index contributed by atoms with van der Waals surface area (Å²) in [5, 5.41) is 0.316. The molecule has 1 heterocycles. The smallest absolute Gasteiger partial charge is 0.311 e. The first-order valence-electron chi connectivity index (χ1n) is 8.56. The van der Waals surface area contributed by atoms with Crippen LogP contribution < -0.4 is 14.4 Å². The van der Waals surface area contributed by atoms with Gasteiger partial charge >= 0.3 is 5.97 Å². The van der Waals surface area contributed by atoms with Crippen molar-refractivity contribution in [1.29, 1.82) is 0 Å². The van der Waals surface area contributed by atoms with Crippen molar-refractivity contribution in [2.24, 2.45) is 5.92 Å². The van der Waals surface area contributed by atoms with Crippen LogP contribution in [-0.2, 0) is 20.9 Å². The van der Waals surface area contributed by atoms with Crippen molar-refractivity contribution in [3.8, 4) is 11.5 Å². The second-order valence-corrected chi connectivity index (χ2v) is 6.67. The molecule has 1 amide bonds. The van der Waals surface area contributed by atoms with Crippen molar-refractivity contribution in [3.63, 3.8) is 0 Å². The molecule has 0 aromatic heterocycles. The highest BCUT2D eigenvalue weighted by atomic mass is 35.5. The largest absolute Gasteiger partial charge is 0.495 e. The van der Waals surface area contributed by atoms with Crippen molar-refractivity contribution in [2.75, 3.05) is 25.7 Å². The van der Waals surface area contributed by atoms with E-state index < -0.39 is 17.7 Å². The molecule has 3 rings (SSSR count). The van der Waals surface area contributed by atoms with Crippen molar-refractivity contribution in [1.82, 2.24) is 0 Å². The predicted molar refractivity (Wildman–Crippen MR) is 101 cm³/mol. The molecule has 0 saturated carbocycles. The van der Waals surface area contributed by atoms with Gasteiger partial charge < -0.3 is 19.1 Å². The van der Waals surface area contributed by atoms with Gasteiger partial charge in [0.2, 0.25) is 5.91 Å². The van der Waals surface area contributed by atoms with E-state index in [1.807, 2.05) is 0 Å². The number of methoxy groups -OCH3 is 2. The first-order chi connectivity index (χ1) is 13.4. The molecule has 148 valence electrons. The van der Waals surface area contributed by atoms with E-state index in [9.17, 15) is 14.0 Å². The Balaban J connectivity index is 1.72. The van der Waals surface area contributed by atoms with Crippen LogP contribution in [0.4, 0.5) is 10.1 Å².